The number of alkyl halides is 3. The molecule has 5 nitrogen and oxygen atoms in total. The maximum atomic E-state index is 13.2. The van der Waals surface area contributed by atoms with E-state index in [2.05, 4.69) is 4.90 Å². The number of benzene rings is 2. The van der Waals surface area contributed by atoms with Gasteiger partial charge in [0.2, 0.25) is 5.75 Å². The number of phenolic OH excluding ortho intramolecular Hbond substituents is 1. The van der Waals surface area contributed by atoms with E-state index in [1.54, 1.807) is 24.3 Å². The number of halogens is 3. The topological polar surface area (TPSA) is 45.2 Å². The number of hydrogen-bond acceptors (Lipinski definition) is 5. The molecule has 3 rings (SSSR count). The molecule has 0 radical (unpaired) electrons. The van der Waals surface area contributed by atoms with Gasteiger partial charge in [0.1, 0.15) is 0 Å². The number of ether oxygens (including phenoxy) is 2. The molecule has 0 aromatic heterocycles. The van der Waals surface area contributed by atoms with Crippen LogP contribution in [-0.4, -0.2) is 55.3 Å². The summed E-state index contributed by atoms with van der Waals surface area (Å²) >= 11 is 0. The predicted octanol–water partition coefficient (Wildman–Crippen LogP) is 3.75. The average Bonchev–Trinajstić information content (AvgIpc) is 2.70. The number of hydrogen-bond donors (Lipinski definition) is 1. The quantitative estimate of drug-likeness (QED) is 0.786. The maximum Gasteiger partial charge on any atom is 0.416 e. The van der Waals surface area contributed by atoms with E-state index in [4.69, 9.17) is 9.47 Å². The van der Waals surface area contributed by atoms with Crippen LogP contribution in [0.5, 0.6) is 17.2 Å². The van der Waals surface area contributed by atoms with E-state index in [1.807, 2.05) is 4.90 Å². The van der Waals surface area contributed by atoms with Gasteiger partial charge in [-0.25, -0.2) is 0 Å². The Labute approximate surface area is 168 Å². The second kappa shape index (κ2) is 8.92. The highest BCUT2D eigenvalue weighted by atomic mass is 19.4. The van der Waals surface area contributed by atoms with Crippen LogP contribution in [0.25, 0.3) is 0 Å². The highest BCUT2D eigenvalue weighted by Crippen LogP contribution is 2.37. The molecule has 0 spiro atoms. The van der Waals surface area contributed by atoms with Gasteiger partial charge in [-0.3, -0.25) is 9.80 Å². The Morgan fingerprint density at radius 3 is 1.93 bits per heavy atom. The van der Waals surface area contributed by atoms with Gasteiger partial charge >= 0.3 is 6.18 Å². The molecular weight excluding hydrogens is 385 g/mol. The molecule has 1 fully saturated rings. The Morgan fingerprint density at radius 1 is 0.897 bits per heavy atom. The monoisotopic (exact) mass is 410 g/mol. The van der Waals surface area contributed by atoms with Crippen LogP contribution in [0, 0.1) is 0 Å². The lowest BCUT2D eigenvalue weighted by molar-refractivity contribution is -0.138. The zero-order valence-corrected chi connectivity index (χ0v) is 16.5. The third kappa shape index (κ3) is 5.13. The molecule has 2 aromatic carbocycles. The van der Waals surface area contributed by atoms with Gasteiger partial charge in [0.05, 0.1) is 19.8 Å². The van der Waals surface area contributed by atoms with Crippen molar-refractivity contribution < 1.29 is 27.8 Å². The third-order valence-corrected chi connectivity index (χ3v) is 5.13. The molecule has 0 amide bonds. The Bertz CT molecular complexity index is 809. The summed E-state index contributed by atoms with van der Waals surface area (Å²) in [4.78, 5) is 4.26. The van der Waals surface area contributed by atoms with E-state index in [0.29, 0.717) is 36.7 Å². The molecule has 2 aromatic rings. The summed E-state index contributed by atoms with van der Waals surface area (Å²) in [6.45, 7) is 3.75. The van der Waals surface area contributed by atoms with Crippen molar-refractivity contribution in [2.45, 2.75) is 19.3 Å². The van der Waals surface area contributed by atoms with Crippen LogP contribution in [0.4, 0.5) is 13.2 Å². The zero-order chi connectivity index (χ0) is 21.0. The summed E-state index contributed by atoms with van der Waals surface area (Å²) in [5, 5.41) is 10.0. The molecule has 8 heteroatoms. The summed E-state index contributed by atoms with van der Waals surface area (Å²) in [5.41, 5.74) is 0.680. The fourth-order valence-corrected chi connectivity index (χ4v) is 3.58. The van der Waals surface area contributed by atoms with Crippen LogP contribution in [0.15, 0.2) is 36.4 Å². The Morgan fingerprint density at radius 2 is 1.41 bits per heavy atom. The standard InChI is InChI=1S/C21H25F3N2O3/c1-28-18-11-15(12-19(29-2)20(18)27)13-25-7-9-26(10-8-25)14-16-5-3-4-6-17(16)21(22,23)24/h3-6,11-12,27H,7-10,13-14H2,1-2H3. The predicted molar refractivity (Wildman–Crippen MR) is 103 cm³/mol. The summed E-state index contributed by atoms with van der Waals surface area (Å²) in [6.07, 6.45) is -4.34. The molecule has 1 N–H and O–H groups in total. The average molecular weight is 410 g/mol. The Hall–Kier alpha value is -2.45. The number of aromatic hydroxyl groups is 1. The van der Waals surface area contributed by atoms with Gasteiger partial charge in [0.15, 0.2) is 11.5 Å². The van der Waals surface area contributed by atoms with E-state index in [-0.39, 0.29) is 12.3 Å². The van der Waals surface area contributed by atoms with Crippen LogP contribution in [0.3, 0.4) is 0 Å². The maximum absolute atomic E-state index is 13.2. The lowest BCUT2D eigenvalue weighted by Crippen LogP contribution is -2.45. The highest BCUT2D eigenvalue weighted by Gasteiger charge is 2.33. The van der Waals surface area contributed by atoms with Crippen molar-refractivity contribution in [2.24, 2.45) is 0 Å². The van der Waals surface area contributed by atoms with E-state index in [1.165, 1.54) is 20.3 Å². The highest BCUT2D eigenvalue weighted by molar-refractivity contribution is 5.52. The molecule has 0 unspecified atom stereocenters. The van der Waals surface area contributed by atoms with Gasteiger partial charge < -0.3 is 14.6 Å². The molecule has 1 saturated heterocycles. The smallest absolute Gasteiger partial charge is 0.416 e. The summed E-state index contributed by atoms with van der Waals surface area (Å²) < 4.78 is 50.0. The molecule has 158 valence electrons. The minimum Gasteiger partial charge on any atom is -0.502 e. The fraction of sp³-hybridized carbons (Fsp3) is 0.429. The summed E-state index contributed by atoms with van der Waals surface area (Å²) in [7, 11) is 2.96. The lowest BCUT2D eigenvalue weighted by atomic mass is 10.1. The lowest BCUT2D eigenvalue weighted by Gasteiger charge is -2.35. The van der Waals surface area contributed by atoms with Crippen LogP contribution >= 0.6 is 0 Å². The number of methoxy groups -OCH3 is 2. The largest absolute Gasteiger partial charge is 0.502 e. The van der Waals surface area contributed by atoms with Crippen molar-refractivity contribution in [3.8, 4) is 17.2 Å². The van der Waals surface area contributed by atoms with Crippen molar-refractivity contribution in [2.75, 3.05) is 40.4 Å². The minimum absolute atomic E-state index is 0.0353. The van der Waals surface area contributed by atoms with Crippen molar-refractivity contribution in [3.63, 3.8) is 0 Å². The van der Waals surface area contributed by atoms with Crippen molar-refractivity contribution >= 4 is 0 Å². The van der Waals surface area contributed by atoms with E-state index in [9.17, 15) is 18.3 Å². The Kier molecular flexibility index (Phi) is 6.54. The Balaban J connectivity index is 1.61. The SMILES string of the molecule is COc1cc(CN2CCN(Cc3ccccc3C(F)(F)F)CC2)cc(OC)c1O. The zero-order valence-electron chi connectivity index (χ0n) is 16.5. The van der Waals surface area contributed by atoms with Crippen molar-refractivity contribution in [1.82, 2.24) is 9.80 Å². The molecule has 0 atom stereocenters. The first-order chi connectivity index (χ1) is 13.8. The van der Waals surface area contributed by atoms with Gasteiger partial charge in [0, 0.05) is 39.3 Å². The van der Waals surface area contributed by atoms with Crippen LogP contribution in [0.2, 0.25) is 0 Å². The second-order valence-electron chi connectivity index (χ2n) is 7.06. The van der Waals surface area contributed by atoms with Gasteiger partial charge in [0.25, 0.3) is 0 Å². The van der Waals surface area contributed by atoms with Crippen molar-refractivity contribution in [3.05, 3.63) is 53.1 Å². The molecule has 0 aliphatic carbocycles. The molecule has 1 heterocycles. The first-order valence-electron chi connectivity index (χ1n) is 9.35. The number of phenols is 1. The van der Waals surface area contributed by atoms with Crippen LogP contribution < -0.4 is 9.47 Å². The van der Waals surface area contributed by atoms with Crippen LogP contribution in [-0.2, 0) is 19.3 Å². The molecule has 1 aliphatic heterocycles. The van der Waals surface area contributed by atoms with Crippen LogP contribution in [0.1, 0.15) is 16.7 Å². The number of rotatable bonds is 6. The third-order valence-electron chi connectivity index (χ3n) is 5.13. The van der Waals surface area contributed by atoms with Gasteiger partial charge in [-0.05, 0) is 29.3 Å². The van der Waals surface area contributed by atoms with Crippen molar-refractivity contribution in [1.29, 1.82) is 0 Å². The molecule has 0 bridgehead atoms. The number of nitrogens with zero attached hydrogens (tertiary/aromatic N) is 2. The molecule has 29 heavy (non-hydrogen) atoms. The van der Waals surface area contributed by atoms with E-state index >= 15 is 0 Å². The first kappa shape index (κ1) is 21.3. The normalized spacial score (nSPS) is 16.0. The fourth-order valence-electron chi connectivity index (χ4n) is 3.58. The summed E-state index contributed by atoms with van der Waals surface area (Å²) in [6, 6.07) is 9.28. The molecule has 1 aliphatic rings. The van der Waals surface area contributed by atoms with E-state index in [0.717, 1.165) is 24.7 Å². The minimum atomic E-state index is -4.34. The molecule has 0 saturated carbocycles. The summed E-state index contributed by atoms with van der Waals surface area (Å²) in [5.74, 6) is 0.662. The van der Waals surface area contributed by atoms with E-state index < -0.39 is 11.7 Å². The molecular formula is C21H25F3N2O3. The van der Waals surface area contributed by atoms with Gasteiger partial charge in [-0.1, -0.05) is 18.2 Å². The van der Waals surface area contributed by atoms with Gasteiger partial charge in [-0.2, -0.15) is 13.2 Å². The first-order valence-corrected chi connectivity index (χ1v) is 9.35. The van der Waals surface area contributed by atoms with Gasteiger partial charge in [-0.15, -0.1) is 0 Å². The second-order valence-corrected chi connectivity index (χ2v) is 7.06. The number of piperazine rings is 1.